The summed E-state index contributed by atoms with van der Waals surface area (Å²) in [5, 5.41) is 6.00. The van der Waals surface area contributed by atoms with Crippen molar-refractivity contribution in [2.45, 2.75) is 25.7 Å². The number of rotatable bonds is 8. The molecule has 2 amide bonds. The molecule has 1 heterocycles. The number of anilines is 2. The summed E-state index contributed by atoms with van der Waals surface area (Å²) in [5.74, 6) is -0.710. The van der Waals surface area contributed by atoms with E-state index in [0.29, 0.717) is 47.4 Å². The Labute approximate surface area is 162 Å². The van der Waals surface area contributed by atoms with Crippen LogP contribution < -0.4 is 16.4 Å². The first kappa shape index (κ1) is 19.4. The van der Waals surface area contributed by atoms with Crippen molar-refractivity contribution in [1.82, 2.24) is 10.3 Å². The normalized spacial score (nSPS) is 10.8. The maximum Gasteiger partial charge on any atom is 0.267 e. The molecule has 0 saturated heterocycles. The average Bonchev–Trinajstić information content (AvgIpc) is 3.12. The van der Waals surface area contributed by atoms with Gasteiger partial charge < -0.3 is 21.4 Å². The number of aromatic amines is 1. The topological polar surface area (TPSA) is 100 Å². The minimum absolute atomic E-state index is 0.0814. The number of halogens is 1. The molecule has 0 aliphatic carbocycles. The predicted molar refractivity (Wildman–Crippen MR) is 109 cm³/mol. The zero-order valence-corrected chi connectivity index (χ0v) is 15.4. The molecule has 2 aromatic carbocycles. The maximum atomic E-state index is 13.7. The van der Waals surface area contributed by atoms with E-state index in [4.69, 9.17) is 5.73 Å². The molecule has 1 aromatic heterocycles. The number of nitrogens with two attached hydrogens (primary N) is 1. The molecule has 0 aliphatic rings. The summed E-state index contributed by atoms with van der Waals surface area (Å²) in [4.78, 5) is 27.0. The van der Waals surface area contributed by atoms with Gasteiger partial charge in [0, 0.05) is 23.9 Å². The number of H-pyrrole nitrogens is 1. The third kappa shape index (κ3) is 4.88. The number of nitrogen functional groups attached to an aromatic ring is 1. The number of aromatic nitrogens is 1. The smallest absolute Gasteiger partial charge is 0.267 e. The quantitative estimate of drug-likeness (QED) is 0.352. The van der Waals surface area contributed by atoms with Crippen LogP contribution in [0, 0.1) is 5.82 Å². The molecule has 0 atom stereocenters. The van der Waals surface area contributed by atoms with Crippen molar-refractivity contribution in [1.29, 1.82) is 0 Å². The number of carbonyl (C=O) groups is 2. The molecule has 0 fully saturated rings. The predicted octanol–water partition coefficient (Wildman–Crippen LogP) is 3.82. The van der Waals surface area contributed by atoms with Crippen LogP contribution in [0.4, 0.5) is 15.8 Å². The first-order chi connectivity index (χ1) is 13.5. The van der Waals surface area contributed by atoms with Crippen molar-refractivity contribution in [3.05, 3.63) is 60.0 Å². The molecule has 0 saturated carbocycles. The number of nitrogens with one attached hydrogen (secondary N) is 3. The zero-order chi connectivity index (χ0) is 19.9. The van der Waals surface area contributed by atoms with Crippen LogP contribution in [0.5, 0.6) is 0 Å². The van der Waals surface area contributed by atoms with Crippen LogP contribution in [0.3, 0.4) is 0 Å². The minimum atomic E-state index is -0.358. The van der Waals surface area contributed by atoms with Crippen molar-refractivity contribution in [2.24, 2.45) is 0 Å². The number of benzene rings is 2. The molecule has 28 heavy (non-hydrogen) atoms. The third-order valence-corrected chi connectivity index (χ3v) is 4.46. The first-order valence-electron chi connectivity index (χ1n) is 9.24. The Hall–Kier alpha value is -3.35. The second kappa shape index (κ2) is 9.03. The Balaban J connectivity index is 1.35. The van der Waals surface area contributed by atoms with Crippen LogP contribution in [0.1, 0.15) is 36.2 Å². The molecular formula is C21H23FN4O2. The van der Waals surface area contributed by atoms with E-state index in [9.17, 15) is 14.0 Å². The molecule has 146 valence electrons. The van der Waals surface area contributed by atoms with Gasteiger partial charge in [0.05, 0.1) is 11.4 Å². The molecule has 0 radical (unpaired) electrons. The molecule has 0 unspecified atom stereocenters. The second-order valence-corrected chi connectivity index (χ2v) is 6.59. The van der Waals surface area contributed by atoms with Crippen LogP contribution >= 0.6 is 0 Å². The lowest BCUT2D eigenvalue weighted by Crippen LogP contribution is -2.24. The number of hydrogen-bond acceptors (Lipinski definition) is 3. The van der Waals surface area contributed by atoms with Gasteiger partial charge in [-0.1, -0.05) is 24.6 Å². The van der Waals surface area contributed by atoms with Crippen molar-refractivity contribution in [3.63, 3.8) is 0 Å². The standard InChI is InChI=1S/C21H23FN4O2/c22-15-7-6-10-17-14(15)13-19(25-17)21(28)24-12-5-1-2-11-20(27)26-18-9-4-3-8-16(18)23/h3-4,6-10,13,25H,1-2,5,11-12,23H2,(H,24,28)(H,26,27). The summed E-state index contributed by atoms with van der Waals surface area (Å²) < 4.78 is 13.7. The number of hydrogen-bond donors (Lipinski definition) is 4. The van der Waals surface area contributed by atoms with E-state index >= 15 is 0 Å². The van der Waals surface area contributed by atoms with Gasteiger partial charge in [-0.05, 0) is 43.2 Å². The van der Waals surface area contributed by atoms with E-state index < -0.39 is 0 Å². The van der Waals surface area contributed by atoms with Gasteiger partial charge >= 0.3 is 0 Å². The fourth-order valence-corrected chi connectivity index (χ4v) is 2.95. The maximum absolute atomic E-state index is 13.7. The summed E-state index contributed by atoms with van der Waals surface area (Å²) >= 11 is 0. The molecule has 3 aromatic rings. The Kier molecular flexibility index (Phi) is 6.26. The van der Waals surface area contributed by atoms with Crippen molar-refractivity contribution < 1.29 is 14.0 Å². The van der Waals surface area contributed by atoms with Gasteiger partial charge in [-0.25, -0.2) is 4.39 Å². The fraction of sp³-hybridized carbons (Fsp3) is 0.238. The van der Waals surface area contributed by atoms with Gasteiger partial charge in [0.1, 0.15) is 11.5 Å². The minimum Gasteiger partial charge on any atom is -0.397 e. The van der Waals surface area contributed by atoms with E-state index in [1.807, 2.05) is 12.1 Å². The highest BCUT2D eigenvalue weighted by Gasteiger charge is 2.11. The van der Waals surface area contributed by atoms with Crippen LogP contribution in [0.25, 0.3) is 10.9 Å². The van der Waals surface area contributed by atoms with E-state index in [-0.39, 0.29) is 17.6 Å². The van der Waals surface area contributed by atoms with Gasteiger partial charge in [0.2, 0.25) is 5.91 Å². The Bertz CT molecular complexity index is 983. The van der Waals surface area contributed by atoms with Crippen LogP contribution in [0.15, 0.2) is 48.5 Å². The van der Waals surface area contributed by atoms with Crippen molar-refractivity contribution in [2.75, 3.05) is 17.6 Å². The van der Waals surface area contributed by atoms with Crippen molar-refractivity contribution in [3.8, 4) is 0 Å². The van der Waals surface area contributed by atoms with Crippen LogP contribution in [-0.2, 0) is 4.79 Å². The number of carbonyl (C=O) groups excluding carboxylic acids is 2. The van der Waals surface area contributed by atoms with Gasteiger partial charge in [-0.15, -0.1) is 0 Å². The molecule has 0 bridgehead atoms. The molecule has 5 N–H and O–H groups in total. The molecule has 7 heteroatoms. The summed E-state index contributed by atoms with van der Waals surface area (Å²) in [6.45, 7) is 0.490. The third-order valence-electron chi connectivity index (χ3n) is 4.46. The van der Waals surface area contributed by atoms with E-state index in [1.165, 1.54) is 12.1 Å². The molecular weight excluding hydrogens is 359 g/mol. The molecule has 6 nitrogen and oxygen atoms in total. The highest BCUT2D eigenvalue weighted by Crippen LogP contribution is 2.19. The van der Waals surface area contributed by atoms with Gasteiger partial charge in [-0.3, -0.25) is 9.59 Å². The lowest BCUT2D eigenvalue weighted by Gasteiger charge is -2.08. The van der Waals surface area contributed by atoms with E-state index in [2.05, 4.69) is 15.6 Å². The Morgan fingerprint density at radius 3 is 2.64 bits per heavy atom. The van der Waals surface area contributed by atoms with Crippen molar-refractivity contribution >= 4 is 34.1 Å². The van der Waals surface area contributed by atoms with E-state index in [0.717, 1.165) is 12.8 Å². The van der Waals surface area contributed by atoms with E-state index in [1.54, 1.807) is 24.3 Å². The number of fused-ring (bicyclic) bond motifs is 1. The average molecular weight is 382 g/mol. The Morgan fingerprint density at radius 1 is 1.04 bits per heavy atom. The molecule has 3 rings (SSSR count). The largest absolute Gasteiger partial charge is 0.397 e. The van der Waals surface area contributed by atoms with Gasteiger partial charge in [-0.2, -0.15) is 0 Å². The molecule has 0 spiro atoms. The highest BCUT2D eigenvalue weighted by molar-refractivity contribution is 5.98. The summed E-state index contributed by atoms with van der Waals surface area (Å²) in [6.07, 6.45) is 2.66. The van der Waals surface area contributed by atoms with Crippen LogP contribution in [-0.4, -0.2) is 23.3 Å². The lowest BCUT2D eigenvalue weighted by molar-refractivity contribution is -0.116. The highest BCUT2D eigenvalue weighted by atomic mass is 19.1. The number of para-hydroxylation sites is 2. The monoisotopic (exact) mass is 382 g/mol. The number of amides is 2. The van der Waals surface area contributed by atoms with Crippen LogP contribution in [0.2, 0.25) is 0 Å². The summed E-state index contributed by atoms with van der Waals surface area (Å²) in [7, 11) is 0. The SMILES string of the molecule is Nc1ccccc1NC(=O)CCCCCNC(=O)c1cc2c(F)cccc2[nH]1. The Morgan fingerprint density at radius 2 is 1.86 bits per heavy atom. The fourth-order valence-electron chi connectivity index (χ4n) is 2.95. The first-order valence-corrected chi connectivity index (χ1v) is 9.24. The summed E-state index contributed by atoms with van der Waals surface area (Å²) in [5.41, 5.74) is 7.88. The zero-order valence-electron chi connectivity index (χ0n) is 15.4. The molecule has 0 aliphatic heterocycles. The summed E-state index contributed by atoms with van der Waals surface area (Å²) in [6, 6.07) is 13.3. The second-order valence-electron chi connectivity index (χ2n) is 6.59. The number of unbranched alkanes of at least 4 members (excludes halogenated alkanes) is 2. The lowest BCUT2D eigenvalue weighted by atomic mass is 10.1. The van der Waals surface area contributed by atoms with Gasteiger partial charge in [0.25, 0.3) is 5.91 Å². The van der Waals surface area contributed by atoms with Gasteiger partial charge in [0.15, 0.2) is 0 Å².